The molecule has 5 rings (SSSR count). The lowest BCUT2D eigenvalue weighted by Gasteiger charge is -2.37. The fourth-order valence-corrected chi connectivity index (χ4v) is 6.41. The Labute approximate surface area is 213 Å². The van der Waals surface area contributed by atoms with Gasteiger partial charge >= 0.3 is 6.16 Å². The molecule has 3 aliphatic rings. The minimum atomic E-state index is -1.31. The Morgan fingerprint density at radius 1 is 1.00 bits per heavy atom. The molecule has 1 saturated heterocycles. The first-order chi connectivity index (χ1) is 17.6. The van der Waals surface area contributed by atoms with Gasteiger partial charge in [0.15, 0.2) is 0 Å². The van der Waals surface area contributed by atoms with Gasteiger partial charge in [-0.05, 0) is 86.3 Å². The Bertz CT molecular complexity index is 1050. The molecule has 1 amide bonds. The molecule has 1 N–H and O–H groups in total. The second kappa shape index (κ2) is 11.3. The molecular weight excluding hydrogens is 454 g/mol. The summed E-state index contributed by atoms with van der Waals surface area (Å²) in [5, 5.41) is 9.08. The molecule has 2 heterocycles. The Morgan fingerprint density at radius 2 is 1.75 bits per heavy atom. The van der Waals surface area contributed by atoms with Crippen LogP contribution in [0.5, 0.6) is 5.75 Å². The third-order valence-corrected chi connectivity index (χ3v) is 8.40. The normalized spacial score (nSPS) is 20.7. The number of nitrogens with zero attached hydrogens (tertiary/aromatic N) is 3. The number of aryl methyl sites for hydroxylation is 1. The van der Waals surface area contributed by atoms with Crippen LogP contribution in [0, 0.1) is 11.8 Å². The first-order valence-electron chi connectivity index (χ1n) is 13.6. The monoisotopic (exact) mass is 491 g/mol. The number of rotatable bonds is 7. The first-order valence-corrected chi connectivity index (χ1v) is 13.6. The van der Waals surface area contributed by atoms with E-state index in [2.05, 4.69) is 26.9 Å². The highest BCUT2D eigenvalue weighted by molar-refractivity contribution is 5.79. The van der Waals surface area contributed by atoms with Gasteiger partial charge in [-0.25, -0.2) is 4.79 Å². The van der Waals surface area contributed by atoms with E-state index in [9.17, 15) is 9.59 Å². The van der Waals surface area contributed by atoms with E-state index in [-0.39, 0.29) is 12.0 Å². The van der Waals surface area contributed by atoms with Crippen molar-refractivity contribution < 1.29 is 19.4 Å². The van der Waals surface area contributed by atoms with Gasteiger partial charge in [-0.3, -0.25) is 9.78 Å². The minimum absolute atomic E-state index is 0.00341. The largest absolute Gasteiger partial charge is 0.511 e. The van der Waals surface area contributed by atoms with Crippen molar-refractivity contribution in [3.05, 3.63) is 53.9 Å². The molecule has 0 spiro atoms. The number of amides is 1. The highest BCUT2D eigenvalue weighted by atomic mass is 16.7. The van der Waals surface area contributed by atoms with Crippen molar-refractivity contribution in [2.24, 2.45) is 11.8 Å². The van der Waals surface area contributed by atoms with Gasteiger partial charge < -0.3 is 19.6 Å². The topological polar surface area (TPSA) is 83.0 Å². The molecule has 2 fully saturated rings. The molecule has 0 radical (unpaired) electrons. The highest BCUT2D eigenvalue weighted by Gasteiger charge is 2.35. The Kier molecular flexibility index (Phi) is 7.73. The Hall–Kier alpha value is -3.09. The summed E-state index contributed by atoms with van der Waals surface area (Å²) in [5.74, 6) is 1.36. The number of hydrogen-bond acceptors (Lipinski definition) is 5. The molecular formula is C29H37N3O4. The number of fused-ring (bicyclic) bond motifs is 1. The van der Waals surface area contributed by atoms with Gasteiger partial charge in [0.2, 0.25) is 5.91 Å². The van der Waals surface area contributed by atoms with Crippen molar-refractivity contribution in [3.63, 3.8) is 0 Å². The van der Waals surface area contributed by atoms with Gasteiger partial charge in [-0.1, -0.05) is 25.3 Å². The first kappa shape index (κ1) is 24.6. The molecule has 1 saturated carbocycles. The summed E-state index contributed by atoms with van der Waals surface area (Å²) in [6.45, 7) is 2.84. The average Bonchev–Trinajstić information content (AvgIpc) is 3.33. The van der Waals surface area contributed by atoms with Gasteiger partial charge in [0.25, 0.3) is 0 Å². The molecule has 1 aromatic carbocycles. The molecule has 7 nitrogen and oxygen atoms in total. The van der Waals surface area contributed by atoms with E-state index in [1.54, 1.807) is 6.07 Å². The van der Waals surface area contributed by atoms with Crippen molar-refractivity contribution in [2.45, 2.75) is 70.3 Å². The fourth-order valence-electron chi connectivity index (χ4n) is 6.41. The summed E-state index contributed by atoms with van der Waals surface area (Å²) >= 11 is 0. The van der Waals surface area contributed by atoms with E-state index < -0.39 is 6.16 Å². The lowest BCUT2D eigenvalue weighted by molar-refractivity contribution is -0.139. The maximum absolute atomic E-state index is 13.9. The van der Waals surface area contributed by atoms with E-state index in [1.807, 2.05) is 24.5 Å². The predicted molar refractivity (Wildman–Crippen MR) is 138 cm³/mol. The van der Waals surface area contributed by atoms with Crippen LogP contribution in [-0.2, 0) is 11.2 Å². The Morgan fingerprint density at radius 3 is 2.47 bits per heavy atom. The summed E-state index contributed by atoms with van der Waals surface area (Å²) in [6.07, 6.45) is 12.9. The zero-order valence-corrected chi connectivity index (χ0v) is 21.0. The summed E-state index contributed by atoms with van der Waals surface area (Å²) in [5.41, 5.74) is 3.50. The van der Waals surface area contributed by atoms with Crippen LogP contribution in [0.15, 0.2) is 42.7 Å². The van der Waals surface area contributed by atoms with Crippen molar-refractivity contribution >= 4 is 17.7 Å². The van der Waals surface area contributed by atoms with Crippen LogP contribution in [0.4, 0.5) is 10.5 Å². The van der Waals surface area contributed by atoms with Crippen LogP contribution < -0.4 is 9.64 Å². The van der Waals surface area contributed by atoms with Gasteiger partial charge in [0.1, 0.15) is 5.75 Å². The summed E-state index contributed by atoms with van der Waals surface area (Å²) in [6, 6.07) is 9.68. The third-order valence-electron chi connectivity index (χ3n) is 8.40. The number of carboxylic acid groups (broad SMARTS) is 1. The molecule has 1 aliphatic heterocycles. The second-order valence-corrected chi connectivity index (χ2v) is 10.6. The number of anilines is 1. The van der Waals surface area contributed by atoms with Crippen LogP contribution in [0.2, 0.25) is 0 Å². The smallest absolute Gasteiger partial charge is 0.449 e. The minimum Gasteiger partial charge on any atom is -0.449 e. The number of hydrogen-bond donors (Lipinski definition) is 1. The molecule has 0 bridgehead atoms. The summed E-state index contributed by atoms with van der Waals surface area (Å²) < 4.78 is 4.95. The number of carbonyl (C=O) groups is 2. The molecule has 2 aromatic rings. The number of pyridine rings is 1. The van der Waals surface area contributed by atoms with Crippen molar-refractivity contribution in [3.8, 4) is 5.75 Å². The van der Waals surface area contributed by atoms with Crippen LogP contribution in [0.3, 0.4) is 0 Å². The molecule has 1 atom stereocenters. The number of piperidine rings is 1. The molecule has 7 heteroatoms. The molecule has 192 valence electrons. The molecule has 36 heavy (non-hydrogen) atoms. The lowest BCUT2D eigenvalue weighted by atomic mass is 9.87. The van der Waals surface area contributed by atoms with Gasteiger partial charge in [0, 0.05) is 43.6 Å². The highest BCUT2D eigenvalue weighted by Crippen LogP contribution is 2.40. The van der Waals surface area contributed by atoms with Crippen LogP contribution in [-0.4, -0.2) is 46.7 Å². The summed E-state index contributed by atoms with van der Waals surface area (Å²) in [4.78, 5) is 33.7. The van der Waals surface area contributed by atoms with Crippen molar-refractivity contribution in [1.29, 1.82) is 0 Å². The lowest BCUT2D eigenvalue weighted by Crippen LogP contribution is -2.41. The maximum atomic E-state index is 13.9. The van der Waals surface area contributed by atoms with Crippen LogP contribution in [0.25, 0.3) is 0 Å². The predicted octanol–water partition coefficient (Wildman–Crippen LogP) is 5.84. The molecule has 1 aromatic heterocycles. The van der Waals surface area contributed by atoms with Crippen LogP contribution in [0.1, 0.15) is 75.0 Å². The zero-order valence-electron chi connectivity index (χ0n) is 21.0. The van der Waals surface area contributed by atoms with E-state index in [4.69, 9.17) is 9.84 Å². The number of carbonyl (C=O) groups excluding carboxylic acids is 1. The van der Waals surface area contributed by atoms with E-state index in [0.717, 1.165) is 83.0 Å². The average molecular weight is 492 g/mol. The number of ether oxygens (including phenoxy) is 1. The zero-order chi connectivity index (χ0) is 24.9. The molecule has 1 unspecified atom stereocenters. The fraction of sp³-hybridized carbons (Fsp3) is 0.552. The van der Waals surface area contributed by atoms with Crippen LogP contribution >= 0.6 is 0 Å². The van der Waals surface area contributed by atoms with Gasteiger partial charge in [-0.15, -0.1) is 0 Å². The number of benzene rings is 1. The quantitative estimate of drug-likeness (QED) is 0.387. The van der Waals surface area contributed by atoms with E-state index >= 15 is 0 Å². The number of aromatic nitrogens is 1. The SMILES string of the molecule is O=C(O)Oc1ccc2c(c1)C(N(CCC1CCN(c3ccncc3)CC1)C(=O)C1CCCCC1)CC2. The third kappa shape index (κ3) is 5.66. The van der Waals surface area contributed by atoms with E-state index in [0.29, 0.717) is 17.6 Å². The van der Waals surface area contributed by atoms with Gasteiger partial charge in [-0.2, -0.15) is 0 Å². The second-order valence-electron chi connectivity index (χ2n) is 10.6. The maximum Gasteiger partial charge on any atom is 0.511 e. The molecule has 2 aliphatic carbocycles. The Balaban J connectivity index is 1.28. The van der Waals surface area contributed by atoms with Crippen molar-refractivity contribution in [1.82, 2.24) is 9.88 Å². The standard InChI is InChI=1S/C29H37N3O4/c33-28(23-4-2-1-3-5-23)32(27-9-7-22-6-8-25(20-26(22)27)36-29(34)35)19-14-21-12-17-31(18-13-21)24-10-15-30-16-11-24/h6,8,10-11,15-16,20-21,23,27H,1-5,7,9,12-14,17-19H2,(H,34,35). The summed E-state index contributed by atoms with van der Waals surface area (Å²) in [7, 11) is 0. The van der Waals surface area contributed by atoms with Crippen molar-refractivity contribution in [2.75, 3.05) is 24.5 Å². The van der Waals surface area contributed by atoms with E-state index in [1.165, 1.54) is 17.7 Å². The van der Waals surface area contributed by atoms with Gasteiger partial charge in [0.05, 0.1) is 6.04 Å².